The van der Waals surface area contributed by atoms with Crippen LogP contribution in [-0.4, -0.2) is 14.3 Å². The van der Waals surface area contributed by atoms with E-state index in [4.69, 9.17) is 0 Å². The van der Waals surface area contributed by atoms with Gasteiger partial charge >= 0.3 is 5.69 Å². The van der Waals surface area contributed by atoms with Crippen LogP contribution in [0.3, 0.4) is 0 Å². The molecule has 1 aromatic heterocycles. The van der Waals surface area contributed by atoms with Crippen molar-refractivity contribution in [1.82, 2.24) is 14.3 Å². The van der Waals surface area contributed by atoms with Crippen LogP contribution in [0.1, 0.15) is 25.7 Å². The fourth-order valence-electron chi connectivity index (χ4n) is 1.98. The van der Waals surface area contributed by atoms with Gasteiger partial charge in [0.05, 0.1) is 0 Å². The third-order valence-electron chi connectivity index (χ3n) is 2.79. The lowest BCUT2D eigenvalue weighted by molar-refractivity contribution is 0.418. The monoisotopic (exact) mass is 181 g/mol. The zero-order valence-electron chi connectivity index (χ0n) is 7.94. The summed E-state index contributed by atoms with van der Waals surface area (Å²) in [6, 6.07) is 0. The van der Waals surface area contributed by atoms with E-state index >= 15 is 0 Å². The largest absolute Gasteiger partial charge is 0.345 e. The van der Waals surface area contributed by atoms with Crippen molar-refractivity contribution < 1.29 is 0 Å². The van der Waals surface area contributed by atoms with Crippen LogP contribution < -0.4 is 5.69 Å². The Bertz CT molecular complexity index is 333. The van der Waals surface area contributed by atoms with Crippen LogP contribution in [-0.2, 0) is 13.6 Å². The number of nitrogens with zero attached hydrogens (tertiary/aromatic N) is 3. The predicted molar refractivity (Wildman–Crippen MR) is 49.4 cm³/mol. The van der Waals surface area contributed by atoms with Crippen molar-refractivity contribution in [2.75, 3.05) is 0 Å². The summed E-state index contributed by atoms with van der Waals surface area (Å²) in [6.45, 7) is 0.805. The molecule has 72 valence electrons. The Morgan fingerprint density at radius 3 is 2.77 bits per heavy atom. The molecule has 0 aliphatic heterocycles. The minimum Gasteiger partial charge on any atom is -0.285 e. The summed E-state index contributed by atoms with van der Waals surface area (Å²) in [5.74, 6) is 0.674. The first-order valence-corrected chi connectivity index (χ1v) is 4.86. The third kappa shape index (κ3) is 1.66. The van der Waals surface area contributed by atoms with Crippen LogP contribution >= 0.6 is 0 Å². The summed E-state index contributed by atoms with van der Waals surface area (Å²) in [6.07, 6.45) is 6.71. The molecule has 0 atom stereocenters. The fraction of sp³-hybridized carbons (Fsp3) is 0.778. The molecule has 0 N–H and O–H groups in total. The molecule has 0 aromatic carbocycles. The Kier molecular flexibility index (Phi) is 2.20. The first-order valence-electron chi connectivity index (χ1n) is 4.86. The van der Waals surface area contributed by atoms with Crippen molar-refractivity contribution in [3.05, 3.63) is 16.8 Å². The third-order valence-corrected chi connectivity index (χ3v) is 2.79. The van der Waals surface area contributed by atoms with Gasteiger partial charge in [-0.05, 0) is 18.8 Å². The first kappa shape index (κ1) is 8.53. The summed E-state index contributed by atoms with van der Waals surface area (Å²) in [7, 11) is 1.74. The smallest absolute Gasteiger partial charge is 0.285 e. The summed E-state index contributed by atoms with van der Waals surface area (Å²) in [5.41, 5.74) is 0.00639. The second kappa shape index (κ2) is 3.36. The van der Waals surface area contributed by atoms with Gasteiger partial charge in [-0.3, -0.25) is 4.57 Å². The van der Waals surface area contributed by atoms with Gasteiger partial charge < -0.3 is 0 Å². The van der Waals surface area contributed by atoms with Gasteiger partial charge in [0, 0.05) is 13.6 Å². The van der Waals surface area contributed by atoms with E-state index in [-0.39, 0.29) is 5.69 Å². The van der Waals surface area contributed by atoms with Crippen LogP contribution in [0.2, 0.25) is 0 Å². The SMILES string of the molecule is Cn1cnn(CC2CCCC2)c1=O. The molecule has 2 rings (SSSR count). The molecule has 0 unspecified atom stereocenters. The van der Waals surface area contributed by atoms with Gasteiger partial charge in [-0.2, -0.15) is 5.10 Å². The molecule has 1 fully saturated rings. The molecule has 0 saturated heterocycles. The van der Waals surface area contributed by atoms with E-state index < -0.39 is 0 Å². The minimum atomic E-state index is 0.00639. The molecule has 1 aliphatic rings. The van der Waals surface area contributed by atoms with E-state index in [1.807, 2.05) is 0 Å². The highest BCUT2D eigenvalue weighted by atomic mass is 16.2. The van der Waals surface area contributed by atoms with Gasteiger partial charge in [-0.25, -0.2) is 9.48 Å². The van der Waals surface area contributed by atoms with Crippen molar-refractivity contribution >= 4 is 0 Å². The second-order valence-electron chi connectivity index (χ2n) is 3.86. The minimum absolute atomic E-state index is 0.00639. The average Bonchev–Trinajstić information content (AvgIpc) is 2.71. The number of aryl methyl sites for hydroxylation is 1. The molecule has 4 nitrogen and oxygen atoms in total. The maximum Gasteiger partial charge on any atom is 0.345 e. The van der Waals surface area contributed by atoms with E-state index in [9.17, 15) is 4.79 Å². The zero-order chi connectivity index (χ0) is 9.26. The molecule has 1 heterocycles. The molecule has 4 heteroatoms. The highest BCUT2D eigenvalue weighted by Crippen LogP contribution is 2.25. The molecule has 0 spiro atoms. The molecule has 0 radical (unpaired) electrons. The molecule has 1 aliphatic carbocycles. The normalized spacial score (nSPS) is 18.2. The van der Waals surface area contributed by atoms with Crippen LogP contribution in [0.4, 0.5) is 0 Å². The van der Waals surface area contributed by atoms with E-state index in [1.165, 1.54) is 30.3 Å². The van der Waals surface area contributed by atoms with Crippen molar-refractivity contribution in [2.24, 2.45) is 13.0 Å². The molecule has 13 heavy (non-hydrogen) atoms. The standard InChI is InChI=1S/C9H15N3O/c1-11-7-10-12(9(11)13)6-8-4-2-3-5-8/h7-8H,2-6H2,1H3. The first-order chi connectivity index (χ1) is 6.27. The Morgan fingerprint density at radius 1 is 1.54 bits per heavy atom. The molecule has 1 saturated carbocycles. The lowest BCUT2D eigenvalue weighted by atomic mass is 10.1. The fourth-order valence-corrected chi connectivity index (χ4v) is 1.98. The van der Waals surface area contributed by atoms with Crippen molar-refractivity contribution in [2.45, 2.75) is 32.2 Å². The van der Waals surface area contributed by atoms with Crippen molar-refractivity contribution in [1.29, 1.82) is 0 Å². The van der Waals surface area contributed by atoms with Crippen molar-refractivity contribution in [3.63, 3.8) is 0 Å². The molecule has 0 bridgehead atoms. The number of hydrogen-bond donors (Lipinski definition) is 0. The Morgan fingerprint density at radius 2 is 2.23 bits per heavy atom. The summed E-state index contributed by atoms with van der Waals surface area (Å²) in [5, 5.41) is 4.05. The summed E-state index contributed by atoms with van der Waals surface area (Å²) >= 11 is 0. The highest BCUT2D eigenvalue weighted by Gasteiger charge is 2.16. The van der Waals surface area contributed by atoms with Crippen LogP contribution in [0.25, 0.3) is 0 Å². The number of hydrogen-bond acceptors (Lipinski definition) is 2. The molecular formula is C9H15N3O. The van der Waals surface area contributed by atoms with Gasteiger partial charge in [-0.1, -0.05) is 12.8 Å². The van der Waals surface area contributed by atoms with Gasteiger partial charge in [-0.15, -0.1) is 0 Å². The summed E-state index contributed by atoms with van der Waals surface area (Å²) < 4.78 is 3.10. The van der Waals surface area contributed by atoms with Gasteiger partial charge in [0.15, 0.2) is 0 Å². The Balaban J connectivity index is 2.09. The van der Waals surface area contributed by atoms with E-state index in [2.05, 4.69) is 5.10 Å². The van der Waals surface area contributed by atoms with Crippen LogP contribution in [0, 0.1) is 5.92 Å². The number of rotatable bonds is 2. The topological polar surface area (TPSA) is 39.8 Å². The predicted octanol–water partition coefficient (Wildman–Crippen LogP) is 0.772. The lowest BCUT2D eigenvalue weighted by Crippen LogP contribution is -2.25. The average molecular weight is 181 g/mol. The molecular weight excluding hydrogens is 166 g/mol. The van der Waals surface area contributed by atoms with Gasteiger partial charge in [0.2, 0.25) is 0 Å². The van der Waals surface area contributed by atoms with E-state index in [1.54, 1.807) is 18.1 Å². The van der Waals surface area contributed by atoms with Crippen LogP contribution in [0.5, 0.6) is 0 Å². The quantitative estimate of drug-likeness (QED) is 0.676. The van der Waals surface area contributed by atoms with Crippen molar-refractivity contribution in [3.8, 4) is 0 Å². The van der Waals surface area contributed by atoms with E-state index in [0.29, 0.717) is 5.92 Å². The van der Waals surface area contributed by atoms with E-state index in [0.717, 1.165) is 6.54 Å². The Hall–Kier alpha value is -1.06. The molecule has 0 amide bonds. The maximum atomic E-state index is 11.4. The Labute approximate surface area is 77.2 Å². The van der Waals surface area contributed by atoms with Gasteiger partial charge in [0.1, 0.15) is 6.33 Å². The maximum absolute atomic E-state index is 11.4. The number of aromatic nitrogens is 3. The van der Waals surface area contributed by atoms with Crippen LogP contribution in [0.15, 0.2) is 11.1 Å². The summed E-state index contributed by atoms with van der Waals surface area (Å²) in [4.78, 5) is 11.4. The lowest BCUT2D eigenvalue weighted by Gasteiger charge is -2.06. The second-order valence-corrected chi connectivity index (χ2v) is 3.86. The van der Waals surface area contributed by atoms with Gasteiger partial charge in [0.25, 0.3) is 0 Å². The highest BCUT2D eigenvalue weighted by molar-refractivity contribution is 4.71. The molecule has 1 aromatic rings. The zero-order valence-corrected chi connectivity index (χ0v) is 7.94.